The highest BCUT2D eigenvalue weighted by Gasteiger charge is 2.15. The first kappa shape index (κ1) is 15.9. The quantitative estimate of drug-likeness (QED) is 0.499. The summed E-state index contributed by atoms with van der Waals surface area (Å²) in [6, 6.07) is 16.0. The molecule has 0 spiro atoms. The molecule has 0 amide bonds. The number of nitrogens with two attached hydrogens (primary N) is 1. The highest BCUT2D eigenvalue weighted by atomic mass is 16.7. The molecule has 5 aromatic rings. The monoisotopic (exact) mass is 381 g/mol. The van der Waals surface area contributed by atoms with E-state index < -0.39 is 0 Å². The van der Waals surface area contributed by atoms with Gasteiger partial charge >= 0.3 is 0 Å². The molecule has 0 aliphatic carbocycles. The molecule has 3 aromatic heterocycles. The van der Waals surface area contributed by atoms with Crippen molar-refractivity contribution in [1.82, 2.24) is 19.4 Å². The Morgan fingerprint density at radius 1 is 0.828 bits per heavy atom. The summed E-state index contributed by atoms with van der Waals surface area (Å²) in [5.74, 6) is 1.79. The van der Waals surface area contributed by atoms with Crippen LogP contribution in [0.2, 0.25) is 0 Å². The molecule has 4 heterocycles. The van der Waals surface area contributed by atoms with Gasteiger partial charge in [0.1, 0.15) is 5.65 Å². The van der Waals surface area contributed by atoms with E-state index in [1.165, 1.54) is 0 Å². The van der Waals surface area contributed by atoms with Crippen LogP contribution in [0, 0.1) is 0 Å². The summed E-state index contributed by atoms with van der Waals surface area (Å²) >= 11 is 0. The van der Waals surface area contributed by atoms with Gasteiger partial charge in [-0.05, 0) is 53.6 Å². The number of anilines is 1. The number of nitrogens with zero attached hydrogens (tertiary/aromatic N) is 4. The van der Waals surface area contributed by atoms with Gasteiger partial charge in [0.15, 0.2) is 11.5 Å². The normalized spacial score (nSPS) is 12.7. The maximum atomic E-state index is 5.67. The Morgan fingerprint density at radius 3 is 2.66 bits per heavy atom. The van der Waals surface area contributed by atoms with E-state index >= 15 is 0 Å². The Morgan fingerprint density at radius 2 is 1.69 bits per heavy atom. The summed E-state index contributed by atoms with van der Waals surface area (Å²) in [5.41, 5.74) is 11.4. The molecule has 140 valence electrons. The number of nitrogen functional groups attached to an aromatic ring is 1. The molecule has 2 aromatic carbocycles. The topological polar surface area (TPSA) is 87.6 Å². The second kappa shape index (κ2) is 5.93. The average molecular weight is 381 g/mol. The Labute approximate surface area is 165 Å². The minimum absolute atomic E-state index is 0.261. The van der Waals surface area contributed by atoms with Crippen LogP contribution in [0.4, 0.5) is 5.95 Å². The van der Waals surface area contributed by atoms with E-state index in [0.29, 0.717) is 0 Å². The molecule has 29 heavy (non-hydrogen) atoms. The van der Waals surface area contributed by atoms with E-state index in [-0.39, 0.29) is 12.7 Å². The van der Waals surface area contributed by atoms with Crippen LogP contribution in [0.5, 0.6) is 11.5 Å². The molecule has 0 fully saturated rings. The van der Waals surface area contributed by atoms with Gasteiger partial charge in [0.2, 0.25) is 12.7 Å². The van der Waals surface area contributed by atoms with Gasteiger partial charge in [0.25, 0.3) is 0 Å². The zero-order valence-electron chi connectivity index (χ0n) is 15.2. The second-order valence-electron chi connectivity index (χ2n) is 6.88. The van der Waals surface area contributed by atoms with Gasteiger partial charge in [-0.1, -0.05) is 6.07 Å². The van der Waals surface area contributed by atoms with E-state index in [1.54, 1.807) is 6.20 Å². The first-order chi connectivity index (χ1) is 14.2. The molecule has 0 bridgehead atoms. The smallest absolute Gasteiger partial charge is 0.231 e. The van der Waals surface area contributed by atoms with Crippen LogP contribution in [0.1, 0.15) is 0 Å². The molecule has 0 atom stereocenters. The van der Waals surface area contributed by atoms with Crippen LogP contribution in [0.25, 0.3) is 38.9 Å². The molecule has 0 radical (unpaired) electrons. The van der Waals surface area contributed by atoms with E-state index in [4.69, 9.17) is 20.2 Å². The van der Waals surface area contributed by atoms with E-state index in [2.05, 4.69) is 28.3 Å². The number of hydrogen-bond donors (Lipinski definition) is 1. The lowest BCUT2D eigenvalue weighted by Crippen LogP contribution is -1.94. The van der Waals surface area contributed by atoms with Crippen molar-refractivity contribution in [2.45, 2.75) is 0 Å². The van der Waals surface area contributed by atoms with E-state index in [1.807, 2.05) is 47.0 Å². The summed E-state index contributed by atoms with van der Waals surface area (Å²) in [4.78, 5) is 13.1. The average Bonchev–Trinajstić information content (AvgIpc) is 3.38. The summed E-state index contributed by atoms with van der Waals surface area (Å²) in [6.07, 6.45) is 5.83. The lowest BCUT2D eigenvalue weighted by Gasteiger charge is -2.05. The number of aromatic nitrogens is 4. The van der Waals surface area contributed by atoms with Crippen molar-refractivity contribution >= 4 is 22.5 Å². The van der Waals surface area contributed by atoms with Gasteiger partial charge in [-0.2, -0.15) is 0 Å². The highest BCUT2D eigenvalue weighted by Crippen LogP contribution is 2.36. The van der Waals surface area contributed by atoms with Crippen LogP contribution < -0.4 is 15.2 Å². The van der Waals surface area contributed by atoms with Gasteiger partial charge in [0.05, 0.1) is 11.2 Å². The first-order valence-electron chi connectivity index (χ1n) is 9.14. The summed E-state index contributed by atoms with van der Waals surface area (Å²) in [7, 11) is 0. The fraction of sp³-hybridized carbons (Fsp3) is 0.0455. The number of pyridine rings is 1. The van der Waals surface area contributed by atoms with Crippen molar-refractivity contribution in [2.75, 3.05) is 12.5 Å². The molecule has 6 rings (SSSR count). The Balaban J connectivity index is 1.41. The molecule has 0 saturated heterocycles. The van der Waals surface area contributed by atoms with Gasteiger partial charge in [0, 0.05) is 29.5 Å². The predicted octanol–water partition coefficient (Wildman–Crippen LogP) is 3.92. The van der Waals surface area contributed by atoms with Crippen LogP contribution in [0.3, 0.4) is 0 Å². The van der Waals surface area contributed by atoms with Gasteiger partial charge in [-0.3, -0.25) is 0 Å². The molecule has 0 saturated carbocycles. The first-order valence-corrected chi connectivity index (χ1v) is 9.14. The van der Waals surface area contributed by atoms with Gasteiger partial charge in [-0.25, -0.2) is 15.0 Å². The number of hydrogen-bond acceptors (Lipinski definition) is 6. The lowest BCUT2D eigenvalue weighted by atomic mass is 10.1. The standard InChI is InChI=1S/C22H15N5O2/c23-22-24-9-16-7-13(1-4-17(16)26-22)15-3-6-21-25-18(11-27(21)10-15)14-2-5-19-20(8-14)29-12-28-19/h1-11H,12H2,(H2,23,24,26). The minimum atomic E-state index is 0.261. The van der Waals surface area contributed by atoms with Crippen molar-refractivity contribution < 1.29 is 9.47 Å². The van der Waals surface area contributed by atoms with E-state index in [0.717, 1.165) is 50.4 Å². The van der Waals surface area contributed by atoms with Crippen molar-refractivity contribution in [2.24, 2.45) is 0 Å². The fourth-order valence-electron chi connectivity index (χ4n) is 3.58. The molecule has 2 N–H and O–H groups in total. The van der Waals surface area contributed by atoms with Crippen LogP contribution in [-0.2, 0) is 0 Å². The van der Waals surface area contributed by atoms with Crippen molar-refractivity contribution in [1.29, 1.82) is 0 Å². The zero-order valence-corrected chi connectivity index (χ0v) is 15.2. The predicted molar refractivity (Wildman–Crippen MR) is 110 cm³/mol. The van der Waals surface area contributed by atoms with Crippen LogP contribution >= 0.6 is 0 Å². The number of rotatable bonds is 2. The molecule has 7 nitrogen and oxygen atoms in total. The summed E-state index contributed by atoms with van der Waals surface area (Å²) < 4.78 is 12.9. The summed E-state index contributed by atoms with van der Waals surface area (Å²) in [5, 5.41) is 0.948. The largest absolute Gasteiger partial charge is 0.454 e. The zero-order chi connectivity index (χ0) is 19.4. The van der Waals surface area contributed by atoms with Gasteiger partial charge < -0.3 is 19.6 Å². The Kier molecular flexibility index (Phi) is 3.25. The highest BCUT2D eigenvalue weighted by molar-refractivity contribution is 5.84. The Bertz CT molecular complexity index is 1410. The second-order valence-corrected chi connectivity index (χ2v) is 6.88. The molecule has 0 unspecified atom stereocenters. The number of benzene rings is 2. The molecular formula is C22H15N5O2. The SMILES string of the molecule is Nc1ncc2cc(-c3ccc4nc(-c5ccc6c(c5)OCO6)cn4c3)ccc2n1. The number of ether oxygens (including phenoxy) is 2. The molecule has 1 aliphatic heterocycles. The lowest BCUT2D eigenvalue weighted by molar-refractivity contribution is 0.174. The molecular weight excluding hydrogens is 366 g/mol. The summed E-state index contributed by atoms with van der Waals surface area (Å²) in [6.45, 7) is 0.261. The van der Waals surface area contributed by atoms with Crippen molar-refractivity contribution in [3.8, 4) is 33.9 Å². The third-order valence-corrected chi connectivity index (χ3v) is 5.05. The van der Waals surface area contributed by atoms with Crippen LogP contribution in [0.15, 0.2) is 67.1 Å². The van der Waals surface area contributed by atoms with Crippen LogP contribution in [-0.4, -0.2) is 26.1 Å². The fourth-order valence-corrected chi connectivity index (χ4v) is 3.58. The Hall–Kier alpha value is -4.13. The third-order valence-electron chi connectivity index (χ3n) is 5.05. The molecule has 1 aliphatic rings. The minimum Gasteiger partial charge on any atom is -0.454 e. The molecule has 7 heteroatoms. The maximum Gasteiger partial charge on any atom is 0.231 e. The third kappa shape index (κ3) is 2.63. The number of imidazole rings is 1. The van der Waals surface area contributed by atoms with Crippen molar-refractivity contribution in [3.05, 3.63) is 67.1 Å². The van der Waals surface area contributed by atoms with Crippen molar-refractivity contribution in [3.63, 3.8) is 0 Å². The van der Waals surface area contributed by atoms with Gasteiger partial charge in [-0.15, -0.1) is 0 Å². The van der Waals surface area contributed by atoms with E-state index in [9.17, 15) is 0 Å². The maximum absolute atomic E-state index is 5.67. The number of fused-ring (bicyclic) bond motifs is 3.